The molecule has 8 heteroatoms. The van der Waals surface area contributed by atoms with Crippen molar-refractivity contribution in [2.45, 2.75) is 19.3 Å². The van der Waals surface area contributed by atoms with Crippen molar-refractivity contribution in [1.82, 2.24) is 4.90 Å². The Morgan fingerprint density at radius 3 is 2.22 bits per heavy atom. The van der Waals surface area contributed by atoms with Crippen molar-refractivity contribution < 1.29 is 23.8 Å². The normalized spacial score (nSPS) is 18.8. The van der Waals surface area contributed by atoms with Crippen molar-refractivity contribution in [2.24, 2.45) is 11.3 Å². The van der Waals surface area contributed by atoms with Crippen LogP contribution in [-0.2, 0) is 4.79 Å². The number of likely N-dealkylation sites (tertiary alicyclic amines) is 1. The van der Waals surface area contributed by atoms with Crippen LogP contribution in [0.3, 0.4) is 0 Å². The highest BCUT2D eigenvalue weighted by Gasteiger charge is 2.58. The van der Waals surface area contributed by atoms with Crippen LogP contribution in [0.25, 0.3) is 0 Å². The fourth-order valence-electron chi connectivity index (χ4n) is 4.51. The van der Waals surface area contributed by atoms with Crippen molar-refractivity contribution >= 4 is 29.1 Å². The molecule has 0 unspecified atom stereocenters. The first-order valence-electron chi connectivity index (χ1n) is 10.6. The van der Waals surface area contributed by atoms with Gasteiger partial charge in [-0.15, -0.1) is 0 Å². The number of methoxy groups -OCH3 is 3. The first-order valence-corrected chi connectivity index (χ1v) is 10.9. The van der Waals surface area contributed by atoms with E-state index in [0.717, 1.165) is 19.3 Å². The van der Waals surface area contributed by atoms with Gasteiger partial charge in [0.15, 0.2) is 0 Å². The maximum Gasteiger partial charge on any atom is 0.254 e. The van der Waals surface area contributed by atoms with Crippen LogP contribution >= 0.6 is 11.6 Å². The number of rotatable bonds is 6. The Balaban J connectivity index is 1.35. The van der Waals surface area contributed by atoms with Crippen LogP contribution in [0.5, 0.6) is 17.2 Å². The third-order valence-corrected chi connectivity index (χ3v) is 6.87. The SMILES string of the molecule is COc1cc(OC)cc(C(=O)N2CCC3(CC2)C[C@H]3C(=O)Nc2ccc(OC)c(Cl)c2)c1. The number of hydrogen-bond acceptors (Lipinski definition) is 5. The summed E-state index contributed by atoms with van der Waals surface area (Å²) < 4.78 is 15.7. The Kier molecular flexibility index (Phi) is 6.20. The van der Waals surface area contributed by atoms with Crippen LogP contribution in [0.2, 0.25) is 5.02 Å². The Morgan fingerprint density at radius 2 is 1.66 bits per heavy atom. The van der Waals surface area contributed by atoms with Crippen LogP contribution in [0.15, 0.2) is 36.4 Å². The number of piperidine rings is 1. The van der Waals surface area contributed by atoms with E-state index in [4.69, 9.17) is 25.8 Å². The van der Waals surface area contributed by atoms with Crippen LogP contribution < -0.4 is 19.5 Å². The molecule has 32 heavy (non-hydrogen) atoms. The first kappa shape index (κ1) is 22.3. The highest BCUT2D eigenvalue weighted by Crippen LogP contribution is 2.59. The summed E-state index contributed by atoms with van der Waals surface area (Å²) in [7, 11) is 4.67. The van der Waals surface area contributed by atoms with E-state index >= 15 is 0 Å². The van der Waals surface area contributed by atoms with Crippen LogP contribution in [-0.4, -0.2) is 51.1 Å². The van der Waals surface area contributed by atoms with E-state index in [1.807, 2.05) is 4.90 Å². The van der Waals surface area contributed by atoms with Gasteiger partial charge < -0.3 is 24.4 Å². The zero-order valence-electron chi connectivity index (χ0n) is 18.4. The standard InChI is InChI=1S/C24H27ClN2O5/c1-30-17-10-15(11-18(13-17)31-2)23(29)27-8-6-24(7-9-27)14-19(24)22(28)26-16-4-5-21(32-3)20(25)12-16/h4-5,10-13,19H,6-9,14H2,1-3H3,(H,26,28)/t19-/m0/s1. The third kappa shape index (κ3) is 4.35. The van der Waals surface area contributed by atoms with Gasteiger partial charge in [-0.25, -0.2) is 0 Å². The highest BCUT2D eigenvalue weighted by molar-refractivity contribution is 6.32. The zero-order chi connectivity index (χ0) is 22.9. The van der Waals surface area contributed by atoms with Crippen molar-refractivity contribution in [3.63, 3.8) is 0 Å². The number of halogens is 1. The van der Waals surface area contributed by atoms with Gasteiger partial charge in [0, 0.05) is 36.3 Å². The molecule has 1 spiro atoms. The summed E-state index contributed by atoms with van der Waals surface area (Å²) >= 11 is 6.16. The van der Waals surface area contributed by atoms with E-state index in [2.05, 4.69) is 5.32 Å². The molecule has 1 saturated heterocycles. The molecule has 4 rings (SSSR count). The molecule has 1 N–H and O–H groups in total. The number of anilines is 1. The first-order chi connectivity index (χ1) is 15.4. The Morgan fingerprint density at radius 1 is 1.00 bits per heavy atom. The largest absolute Gasteiger partial charge is 0.497 e. The van der Waals surface area contributed by atoms with E-state index in [1.54, 1.807) is 57.7 Å². The van der Waals surface area contributed by atoms with Gasteiger partial charge >= 0.3 is 0 Å². The number of carbonyl (C=O) groups is 2. The van der Waals surface area contributed by atoms with Crippen LogP contribution in [0.1, 0.15) is 29.6 Å². The lowest BCUT2D eigenvalue weighted by atomic mass is 9.90. The second-order valence-electron chi connectivity index (χ2n) is 8.35. The molecular formula is C24H27ClN2O5. The molecule has 7 nitrogen and oxygen atoms in total. The van der Waals surface area contributed by atoms with Crippen molar-refractivity contribution in [1.29, 1.82) is 0 Å². The quantitative estimate of drug-likeness (QED) is 0.700. The minimum atomic E-state index is -0.0495. The molecule has 2 amide bonds. The molecule has 1 atom stereocenters. The summed E-state index contributed by atoms with van der Waals surface area (Å²) in [6.07, 6.45) is 2.46. The van der Waals surface area contributed by atoms with Gasteiger partial charge in [-0.3, -0.25) is 9.59 Å². The van der Waals surface area contributed by atoms with Gasteiger partial charge in [0.1, 0.15) is 17.2 Å². The van der Waals surface area contributed by atoms with Gasteiger partial charge in [-0.1, -0.05) is 11.6 Å². The molecule has 1 saturated carbocycles. The molecule has 1 aliphatic heterocycles. The molecule has 0 bridgehead atoms. The van der Waals surface area contributed by atoms with Crippen molar-refractivity contribution in [3.8, 4) is 17.2 Å². The average Bonchev–Trinajstić information content (AvgIpc) is 3.52. The number of carbonyl (C=O) groups excluding carboxylic acids is 2. The monoisotopic (exact) mass is 458 g/mol. The topological polar surface area (TPSA) is 77.1 Å². The predicted octanol–water partition coefficient (Wildman–Crippen LogP) is 4.25. The summed E-state index contributed by atoms with van der Waals surface area (Å²) in [5, 5.41) is 3.42. The fourth-order valence-corrected chi connectivity index (χ4v) is 4.77. The smallest absolute Gasteiger partial charge is 0.254 e. The minimum Gasteiger partial charge on any atom is -0.497 e. The summed E-state index contributed by atoms with van der Waals surface area (Å²) in [5.41, 5.74) is 1.17. The molecule has 1 heterocycles. The number of ether oxygens (including phenoxy) is 3. The molecule has 0 aromatic heterocycles. The van der Waals surface area contributed by atoms with E-state index in [9.17, 15) is 9.59 Å². The second kappa shape index (κ2) is 8.90. The fraction of sp³-hybridized carbons (Fsp3) is 0.417. The zero-order valence-corrected chi connectivity index (χ0v) is 19.2. The Hall–Kier alpha value is -2.93. The average molecular weight is 459 g/mol. The summed E-state index contributed by atoms with van der Waals surface area (Å²) in [4.78, 5) is 27.7. The summed E-state index contributed by atoms with van der Waals surface area (Å²) in [6.45, 7) is 1.24. The highest BCUT2D eigenvalue weighted by atomic mass is 35.5. The van der Waals surface area contributed by atoms with Gasteiger partial charge in [0.25, 0.3) is 5.91 Å². The molecule has 170 valence electrons. The Labute approximate surface area is 192 Å². The lowest BCUT2D eigenvalue weighted by molar-refractivity contribution is -0.118. The third-order valence-electron chi connectivity index (χ3n) is 6.57. The van der Waals surface area contributed by atoms with Gasteiger partial charge in [0.05, 0.1) is 26.4 Å². The lowest BCUT2D eigenvalue weighted by Crippen LogP contribution is -2.40. The van der Waals surface area contributed by atoms with E-state index in [1.165, 1.54) is 0 Å². The molecule has 2 aromatic rings. The molecular weight excluding hydrogens is 432 g/mol. The van der Waals surface area contributed by atoms with Crippen LogP contribution in [0.4, 0.5) is 5.69 Å². The maximum absolute atomic E-state index is 13.0. The van der Waals surface area contributed by atoms with Gasteiger partial charge in [0.2, 0.25) is 5.91 Å². The van der Waals surface area contributed by atoms with Crippen molar-refractivity contribution in [3.05, 3.63) is 47.0 Å². The molecule has 2 fully saturated rings. The predicted molar refractivity (Wildman–Crippen MR) is 122 cm³/mol. The van der Waals surface area contributed by atoms with E-state index < -0.39 is 0 Å². The number of benzene rings is 2. The minimum absolute atomic E-state index is 0.00328. The number of nitrogens with zero attached hydrogens (tertiary/aromatic N) is 1. The van der Waals surface area contributed by atoms with Crippen LogP contribution in [0, 0.1) is 11.3 Å². The number of nitrogens with one attached hydrogen (secondary N) is 1. The maximum atomic E-state index is 13.0. The van der Waals surface area contributed by atoms with E-state index in [-0.39, 0.29) is 23.1 Å². The molecule has 0 radical (unpaired) electrons. The van der Waals surface area contributed by atoms with Gasteiger partial charge in [-0.05, 0) is 55.0 Å². The number of hydrogen-bond donors (Lipinski definition) is 1. The molecule has 1 aliphatic carbocycles. The lowest BCUT2D eigenvalue weighted by Gasteiger charge is -2.33. The van der Waals surface area contributed by atoms with Crippen molar-refractivity contribution in [2.75, 3.05) is 39.7 Å². The number of amides is 2. The summed E-state index contributed by atoms with van der Waals surface area (Å²) in [6, 6.07) is 10.4. The van der Waals surface area contributed by atoms with Gasteiger partial charge in [-0.2, -0.15) is 0 Å². The molecule has 2 aliphatic rings. The Bertz CT molecular complexity index is 1010. The summed E-state index contributed by atoms with van der Waals surface area (Å²) in [5.74, 6) is 1.64. The molecule has 2 aromatic carbocycles. The second-order valence-corrected chi connectivity index (χ2v) is 8.76. The van der Waals surface area contributed by atoms with E-state index in [0.29, 0.717) is 46.6 Å².